The maximum Gasteiger partial charge on any atom is 0.224 e. The van der Waals surface area contributed by atoms with Crippen molar-refractivity contribution < 1.29 is 0 Å². The van der Waals surface area contributed by atoms with Crippen molar-refractivity contribution in [1.82, 2.24) is 9.97 Å². The van der Waals surface area contributed by atoms with Crippen LogP contribution in [0.15, 0.2) is 6.07 Å². The number of nitrogens with zero attached hydrogens (tertiary/aromatic N) is 2. The molecule has 0 atom stereocenters. The van der Waals surface area contributed by atoms with Gasteiger partial charge in [-0.15, -0.1) is 0 Å². The summed E-state index contributed by atoms with van der Waals surface area (Å²) in [6.45, 7) is 10.4. The van der Waals surface area contributed by atoms with E-state index in [0.29, 0.717) is 5.92 Å². The zero-order valence-corrected chi connectivity index (χ0v) is 12.1. The van der Waals surface area contributed by atoms with E-state index in [1.807, 2.05) is 13.0 Å². The lowest BCUT2D eigenvalue weighted by molar-refractivity contribution is 0.684. The monoisotopic (exact) mass is 250 g/mol. The van der Waals surface area contributed by atoms with E-state index in [4.69, 9.17) is 0 Å². The molecule has 0 amide bonds. The first-order valence-corrected chi connectivity index (χ1v) is 6.95. The van der Waals surface area contributed by atoms with E-state index < -0.39 is 0 Å². The van der Waals surface area contributed by atoms with Gasteiger partial charge in [-0.25, -0.2) is 4.98 Å². The van der Waals surface area contributed by atoms with Crippen LogP contribution >= 0.6 is 0 Å². The zero-order valence-electron chi connectivity index (χ0n) is 12.1. The molecule has 0 aromatic carbocycles. The quantitative estimate of drug-likeness (QED) is 0.694. The second-order valence-electron chi connectivity index (χ2n) is 5.13. The van der Waals surface area contributed by atoms with E-state index in [9.17, 15) is 0 Å². The minimum Gasteiger partial charge on any atom is -0.370 e. The summed E-state index contributed by atoms with van der Waals surface area (Å²) in [6, 6.07) is 1.99. The van der Waals surface area contributed by atoms with Crippen molar-refractivity contribution in [3.05, 3.63) is 11.8 Å². The van der Waals surface area contributed by atoms with E-state index in [-0.39, 0.29) is 0 Å². The van der Waals surface area contributed by atoms with E-state index in [2.05, 4.69) is 41.4 Å². The normalized spacial score (nSPS) is 10.7. The van der Waals surface area contributed by atoms with Gasteiger partial charge < -0.3 is 10.6 Å². The van der Waals surface area contributed by atoms with Gasteiger partial charge in [0.25, 0.3) is 0 Å². The fourth-order valence-electron chi connectivity index (χ4n) is 1.63. The number of aromatic nitrogens is 2. The average molecular weight is 250 g/mol. The highest BCUT2D eigenvalue weighted by Gasteiger charge is 2.02. The summed E-state index contributed by atoms with van der Waals surface area (Å²) in [5.74, 6) is 2.24. The number of nitrogens with one attached hydrogen (secondary N) is 2. The second-order valence-corrected chi connectivity index (χ2v) is 5.13. The third-order valence-electron chi connectivity index (χ3n) is 2.61. The minimum absolute atomic E-state index is 0.593. The largest absolute Gasteiger partial charge is 0.370 e. The Morgan fingerprint density at radius 3 is 2.61 bits per heavy atom. The number of hydrogen-bond donors (Lipinski definition) is 2. The molecule has 0 spiro atoms. The Bertz CT molecular complexity index is 350. The molecule has 0 unspecified atom stereocenters. The van der Waals surface area contributed by atoms with Crippen LogP contribution in [-0.4, -0.2) is 23.1 Å². The molecule has 4 nitrogen and oxygen atoms in total. The van der Waals surface area contributed by atoms with Crippen LogP contribution in [0.25, 0.3) is 0 Å². The van der Waals surface area contributed by atoms with E-state index in [1.54, 1.807) is 0 Å². The number of hydrogen-bond acceptors (Lipinski definition) is 4. The van der Waals surface area contributed by atoms with Gasteiger partial charge in [0.1, 0.15) is 5.82 Å². The molecule has 1 heterocycles. The van der Waals surface area contributed by atoms with Crippen LogP contribution in [0, 0.1) is 12.8 Å². The van der Waals surface area contributed by atoms with Gasteiger partial charge >= 0.3 is 0 Å². The maximum absolute atomic E-state index is 4.47. The fourth-order valence-corrected chi connectivity index (χ4v) is 1.63. The van der Waals surface area contributed by atoms with E-state index in [1.165, 1.54) is 19.3 Å². The van der Waals surface area contributed by atoms with Gasteiger partial charge in [0, 0.05) is 24.8 Å². The van der Waals surface area contributed by atoms with Crippen LogP contribution < -0.4 is 10.6 Å². The molecule has 18 heavy (non-hydrogen) atoms. The number of rotatable bonds is 8. The molecule has 0 bridgehead atoms. The van der Waals surface area contributed by atoms with Crippen LogP contribution in [0.5, 0.6) is 0 Å². The van der Waals surface area contributed by atoms with Gasteiger partial charge in [-0.1, -0.05) is 33.6 Å². The Labute approximate surface area is 111 Å². The van der Waals surface area contributed by atoms with Crippen molar-refractivity contribution in [2.75, 3.05) is 23.7 Å². The van der Waals surface area contributed by atoms with E-state index in [0.717, 1.165) is 30.5 Å². The van der Waals surface area contributed by atoms with Crippen molar-refractivity contribution in [2.24, 2.45) is 5.92 Å². The first kappa shape index (κ1) is 14.7. The van der Waals surface area contributed by atoms with Gasteiger partial charge in [-0.05, 0) is 19.3 Å². The summed E-state index contributed by atoms with van der Waals surface area (Å²) >= 11 is 0. The first-order valence-electron chi connectivity index (χ1n) is 6.95. The average Bonchev–Trinajstić information content (AvgIpc) is 2.32. The molecule has 0 aliphatic rings. The highest BCUT2D eigenvalue weighted by molar-refractivity contribution is 5.42. The van der Waals surface area contributed by atoms with Gasteiger partial charge in [-0.2, -0.15) is 4.98 Å². The topological polar surface area (TPSA) is 49.8 Å². The molecule has 2 N–H and O–H groups in total. The lowest BCUT2D eigenvalue weighted by atomic mass is 10.2. The second kappa shape index (κ2) is 7.90. The third kappa shape index (κ3) is 5.84. The lowest BCUT2D eigenvalue weighted by Gasteiger charge is -2.11. The van der Waals surface area contributed by atoms with Crippen molar-refractivity contribution in [1.29, 1.82) is 0 Å². The molecular weight excluding hydrogens is 224 g/mol. The molecule has 0 radical (unpaired) electrons. The van der Waals surface area contributed by atoms with Crippen molar-refractivity contribution >= 4 is 11.8 Å². The number of anilines is 2. The molecular formula is C14H26N4. The molecule has 1 aromatic heterocycles. The molecule has 1 rings (SSSR count). The summed E-state index contributed by atoms with van der Waals surface area (Å²) in [5.41, 5.74) is 0.995. The van der Waals surface area contributed by atoms with Crippen LogP contribution in [0.3, 0.4) is 0 Å². The lowest BCUT2D eigenvalue weighted by Crippen LogP contribution is -2.12. The molecule has 0 saturated carbocycles. The van der Waals surface area contributed by atoms with Gasteiger partial charge in [-0.3, -0.25) is 0 Å². The Kier molecular flexibility index (Phi) is 6.47. The van der Waals surface area contributed by atoms with Gasteiger partial charge in [0.2, 0.25) is 5.95 Å². The Morgan fingerprint density at radius 1 is 1.17 bits per heavy atom. The molecule has 1 aromatic rings. The molecule has 0 aliphatic heterocycles. The fraction of sp³-hybridized carbons (Fsp3) is 0.714. The Morgan fingerprint density at radius 2 is 1.94 bits per heavy atom. The predicted octanol–water partition coefficient (Wildman–Crippen LogP) is 3.46. The summed E-state index contributed by atoms with van der Waals surface area (Å²) in [7, 11) is 0. The van der Waals surface area contributed by atoms with Gasteiger partial charge in [0.15, 0.2) is 0 Å². The zero-order chi connectivity index (χ0) is 13.4. The summed E-state index contributed by atoms with van der Waals surface area (Å²) in [4.78, 5) is 8.86. The first-order chi connectivity index (χ1) is 8.61. The molecule has 4 heteroatoms. The van der Waals surface area contributed by atoms with Gasteiger partial charge in [0.05, 0.1) is 0 Å². The Balaban J connectivity index is 2.51. The van der Waals surface area contributed by atoms with Crippen LogP contribution in [0.4, 0.5) is 11.8 Å². The number of aryl methyl sites for hydroxylation is 1. The van der Waals surface area contributed by atoms with Crippen LogP contribution in [0.2, 0.25) is 0 Å². The van der Waals surface area contributed by atoms with Crippen LogP contribution in [-0.2, 0) is 0 Å². The number of unbranched alkanes of at least 4 members (excludes halogenated alkanes) is 2. The SMILES string of the molecule is CCCCCNc1cc(C)nc(NCC(C)C)n1. The highest BCUT2D eigenvalue weighted by atomic mass is 15.1. The summed E-state index contributed by atoms with van der Waals surface area (Å²) in [5, 5.41) is 6.62. The van der Waals surface area contributed by atoms with Crippen molar-refractivity contribution in [2.45, 2.75) is 47.0 Å². The molecule has 0 saturated heterocycles. The van der Waals surface area contributed by atoms with Crippen molar-refractivity contribution in [3.8, 4) is 0 Å². The molecule has 0 aliphatic carbocycles. The Hall–Kier alpha value is -1.32. The predicted molar refractivity (Wildman–Crippen MR) is 78.1 cm³/mol. The highest BCUT2D eigenvalue weighted by Crippen LogP contribution is 2.10. The van der Waals surface area contributed by atoms with E-state index >= 15 is 0 Å². The molecule has 102 valence electrons. The smallest absolute Gasteiger partial charge is 0.224 e. The third-order valence-corrected chi connectivity index (χ3v) is 2.61. The standard InChI is InChI=1S/C14H26N4/c1-5-6-7-8-15-13-9-12(4)17-14(18-13)16-10-11(2)3/h9,11H,5-8,10H2,1-4H3,(H2,15,16,17,18). The summed E-state index contributed by atoms with van der Waals surface area (Å²) < 4.78 is 0. The molecule has 0 fully saturated rings. The summed E-state index contributed by atoms with van der Waals surface area (Å²) in [6.07, 6.45) is 3.69. The van der Waals surface area contributed by atoms with Crippen LogP contribution in [0.1, 0.15) is 45.7 Å². The maximum atomic E-state index is 4.47. The minimum atomic E-state index is 0.593. The van der Waals surface area contributed by atoms with Crippen molar-refractivity contribution in [3.63, 3.8) is 0 Å².